The van der Waals surface area contributed by atoms with Crippen molar-refractivity contribution in [3.05, 3.63) is 90.1 Å². The van der Waals surface area contributed by atoms with Crippen LogP contribution in [0.1, 0.15) is 35.3 Å². The summed E-state index contributed by atoms with van der Waals surface area (Å²) in [5, 5.41) is 3.98. The van der Waals surface area contributed by atoms with Crippen LogP contribution in [0.3, 0.4) is 0 Å². The number of amides is 2. The van der Waals surface area contributed by atoms with Crippen LogP contribution in [0.15, 0.2) is 79.0 Å². The van der Waals surface area contributed by atoms with Crippen LogP contribution in [0, 0.1) is 0 Å². The lowest BCUT2D eigenvalue weighted by Crippen LogP contribution is -2.33. The maximum atomic E-state index is 13.7. The number of nitrogens with zero attached hydrogens (tertiary/aromatic N) is 3. The van der Waals surface area contributed by atoms with E-state index < -0.39 is 12.0 Å². The van der Waals surface area contributed by atoms with Crippen LogP contribution in [-0.2, 0) is 20.7 Å². The summed E-state index contributed by atoms with van der Waals surface area (Å²) in [5.41, 5.74) is 4.70. The van der Waals surface area contributed by atoms with Crippen LogP contribution in [0.5, 0.6) is 0 Å². The average molecular weight is 522 g/mol. The fourth-order valence-corrected chi connectivity index (χ4v) is 5.17. The van der Waals surface area contributed by atoms with E-state index >= 15 is 0 Å². The average Bonchev–Trinajstić information content (AvgIpc) is 3.60. The second kappa shape index (κ2) is 10.1. The molecule has 2 aromatic heterocycles. The molecule has 9 heteroatoms. The van der Waals surface area contributed by atoms with Crippen molar-refractivity contribution < 1.29 is 19.1 Å². The standard InChI is InChI=1S/C30H27N5O4/c1-2-39-29(38)19-11-13-21(14-12-19)32-27(36)17-26-28(37)34(30-33-24-9-5-6-10-25(24)35(26)30)16-15-20-18-31-23-8-4-3-7-22(20)23/h3-14,18,26,31H,2,15-17H2,1H3,(H,32,36)/t26-/m0/s1. The van der Waals surface area contributed by atoms with Crippen molar-refractivity contribution in [2.75, 3.05) is 23.4 Å². The fourth-order valence-electron chi connectivity index (χ4n) is 5.17. The smallest absolute Gasteiger partial charge is 0.338 e. The maximum absolute atomic E-state index is 13.7. The molecule has 1 atom stereocenters. The van der Waals surface area contributed by atoms with Crippen molar-refractivity contribution in [2.24, 2.45) is 0 Å². The number of anilines is 2. The monoisotopic (exact) mass is 521 g/mol. The van der Waals surface area contributed by atoms with E-state index in [2.05, 4.69) is 16.4 Å². The number of carbonyl (C=O) groups excluding carboxylic acids is 3. The number of nitrogens with one attached hydrogen (secondary N) is 2. The van der Waals surface area contributed by atoms with Gasteiger partial charge in [0.1, 0.15) is 6.04 Å². The predicted molar refractivity (Wildman–Crippen MR) is 149 cm³/mol. The van der Waals surface area contributed by atoms with E-state index in [1.54, 1.807) is 36.1 Å². The highest BCUT2D eigenvalue weighted by molar-refractivity contribution is 6.05. The number of hydrogen-bond acceptors (Lipinski definition) is 5. The molecule has 3 aromatic carbocycles. The number of fused-ring (bicyclic) bond motifs is 4. The van der Waals surface area contributed by atoms with Gasteiger partial charge in [-0.25, -0.2) is 9.78 Å². The Morgan fingerprint density at radius 3 is 2.62 bits per heavy atom. The van der Waals surface area contributed by atoms with Crippen molar-refractivity contribution in [1.82, 2.24) is 14.5 Å². The van der Waals surface area contributed by atoms with E-state index in [1.165, 1.54) is 0 Å². The quantitative estimate of drug-likeness (QED) is 0.284. The van der Waals surface area contributed by atoms with Crippen molar-refractivity contribution >= 4 is 51.4 Å². The molecule has 0 radical (unpaired) electrons. The van der Waals surface area contributed by atoms with Gasteiger partial charge in [0, 0.05) is 29.3 Å². The number of esters is 1. The molecule has 3 heterocycles. The van der Waals surface area contributed by atoms with Gasteiger partial charge in [-0.2, -0.15) is 0 Å². The number of rotatable bonds is 8. The molecule has 0 saturated heterocycles. The molecule has 0 aliphatic carbocycles. The minimum Gasteiger partial charge on any atom is -0.462 e. The predicted octanol–water partition coefficient (Wildman–Crippen LogP) is 4.85. The Morgan fingerprint density at radius 2 is 1.79 bits per heavy atom. The number of carbonyl (C=O) groups is 3. The van der Waals surface area contributed by atoms with Gasteiger partial charge < -0.3 is 15.0 Å². The zero-order valence-electron chi connectivity index (χ0n) is 21.4. The van der Waals surface area contributed by atoms with E-state index in [0.717, 1.165) is 27.5 Å². The number of hydrogen-bond donors (Lipinski definition) is 2. The van der Waals surface area contributed by atoms with E-state index in [9.17, 15) is 14.4 Å². The first kappa shape index (κ1) is 24.4. The minimum atomic E-state index is -0.714. The number of H-pyrrole nitrogens is 1. The summed E-state index contributed by atoms with van der Waals surface area (Å²) >= 11 is 0. The lowest BCUT2D eigenvalue weighted by atomic mass is 10.1. The summed E-state index contributed by atoms with van der Waals surface area (Å²) in [6.07, 6.45) is 2.58. The second-order valence-electron chi connectivity index (χ2n) is 9.44. The molecule has 0 unspecified atom stereocenters. The van der Waals surface area contributed by atoms with Gasteiger partial charge in [-0.05, 0) is 61.4 Å². The number of imidazole rings is 1. The Balaban J connectivity index is 1.22. The molecule has 0 bridgehead atoms. The maximum Gasteiger partial charge on any atom is 0.338 e. The Hall–Kier alpha value is -4.92. The Bertz CT molecular complexity index is 1700. The molecule has 1 aliphatic heterocycles. The van der Waals surface area contributed by atoms with E-state index in [4.69, 9.17) is 9.72 Å². The van der Waals surface area contributed by atoms with Crippen LogP contribution in [0.2, 0.25) is 0 Å². The normalized spacial score (nSPS) is 14.6. The number of benzene rings is 3. The molecule has 2 N–H and O–H groups in total. The van der Waals surface area contributed by atoms with Crippen LogP contribution < -0.4 is 10.2 Å². The molecule has 2 amide bonds. The molecular weight excluding hydrogens is 494 g/mol. The van der Waals surface area contributed by atoms with Gasteiger partial charge in [0.15, 0.2) is 0 Å². The molecule has 9 nitrogen and oxygen atoms in total. The molecule has 0 fully saturated rings. The molecule has 0 saturated carbocycles. The largest absolute Gasteiger partial charge is 0.462 e. The first-order valence-electron chi connectivity index (χ1n) is 12.9. The van der Waals surface area contributed by atoms with Crippen molar-refractivity contribution in [3.63, 3.8) is 0 Å². The van der Waals surface area contributed by atoms with Gasteiger partial charge in [0.25, 0.3) is 5.91 Å². The summed E-state index contributed by atoms with van der Waals surface area (Å²) in [5.74, 6) is -0.327. The summed E-state index contributed by atoms with van der Waals surface area (Å²) < 4.78 is 6.88. The minimum absolute atomic E-state index is 0.0462. The molecule has 0 spiro atoms. The number of ether oxygens (including phenoxy) is 1. The van der Waals surface area contributed by atoms with Crippen LogP contribution in [0.25, 0.3) is 21.9 Å². The van der Waals surface area contributed by atoms with E-state index in [-0.39, 0.29) is 24.8 Å². The molecular formula is C30H27N5O4. The first-order chi connectivity index (χ1) is 19.0. The lowest BCUT2D eigenvalue weighted by molar-refractivity contribution is -0.124. The first-order valence-corrected chi connectivity index (χ1v) is 12.9. The fraction of sp³-hybridized carbons (Fsp3) is 0.200. The molecule has 5 aromatic rings. The topological polar surface area (TPSA) is 109 Å². The zero-order valence-corrected chi connectivity index (χ0v) is 21.4. The summed E-state index contributed by atoms with van der Waals surface area (Å²) in [6.45, 7) is 2.48. The second-order valence-corrected chi connectivity index (χ2v) is 9.44. The highest BCUT2D eigenvalue weighted by Gasteiger charge is 2.40. The van der Waals surface area contributed by atoms with Gasteiger partial charge in [0.05, 0.1) is 29.6 Å². The third-order valence-electron chi connectivity index (χ3n) is 7.02. The van der Waals surface area contributed by atoms with Crippen LogP contribution in [-0.4, -0.2) is 45.5 Å². The third kappa shape index (κ3) is 4.52. The highest BCUT2D eigenvalue weighted by Crippen LogP contribution is 2.37. The molecule has 6 rings (SSSR count). The lowest BCUT2D eigenvalue weighted by Gasteiger charge is -2.16. The molecule has 196 valence electrons. The van der Waals surface area contributed by atoms with E-state index in [1.807, 2.05) is 53.2 Å². The van der Waals surface area contributed by atoms with Crippen molar-refractivity contribution in [3.8, 4) is 0 Å². The Morgan fingerprint density at radius 1 is 1.03 bits per heavy atom. The van der Waals surface area contributed by atoms with Crippen LogP contribution >= 0.6 is 0 Å². The van der Waals surface area contributed by atoms with Crippen molar-refractivity contribution in [2.45, 2.75) is 25.8 Å². The summed E-state index contributed by atoms with van der Waals surface area (Å²) in [6, 6.07) is 21.5. The van der Waals surface area contributed by atoms with Gasteiger partial charge in [-0.3, -0.25) is 19.1 Å². The number of para-hydroxylation sites is 3. The number of aromatic amines is 1. The SMILES string of the molecule is CCOC(=O)c1ccc(NC(=O)C[C@H]2C(=O)N(CCc3c[nH]c4ccccc34)c3nc4ccccc4n32)cc1. The zero-order chi connectivity index (χ0) is 26.9. The molecule has 39 heavy (non-hydrogen) atoms. The Kier molecular flexibility index (Phi) is 6.32. The van der Waals surface area contributed by atoms with Gasteiger partial charge in [0.2, 0.25) is 11.9 Å². The van der Waals surface area contributed by atoms with Crippen LogP contribution in [0.4, 0.5) is 11.6 Å². The van der Waals surface area contributed by atoms with Gasteiger partial charge in [-0.15, -0.1) is 0 Å². The summed E-state index contributed by atoms with van der Waals surface area (Å²) in [4.78, 5) is 48.4. The molecule has 1 aliphatic rings. The third-order valence-corrected chi connectivity index (χ3v) is 7.02. The van der Waals surface area contributed by atoms with Gasteiger partial charge in [-0.1, -0.05) is 30.3 Å². The number of aromatic nitrogens is 3. The van der Waals surface area contributed by atoms with Gasteiger partial charge >= 0.3 is 5.97 Å². The highest BCUT2D eigenvalue weighted by atomic mass is 16.5. The summed E-state index contributed by atoms with van der Waals surface area (Å²) in [7, 11) is 0. The van der Waals surface area contributed by atoms with E-state index in [0.29, 0.717) is 30.2 Å². The Labute approximate surface area is 224 Å². The van der Waals surface area contributed by atoms with Crippen molar-refractivity contribution in [1.29, 1.82) is 0 Å².